The van der Waals surface area contributed by atoms with Gasteiger partial charge in [-0.25, -0.2) is 8.42 Å². The van der Waals surface area contributed by atoms with E-state index in [9.17, 15) is 8.42 Å². The van der Waals surface area contributed by atoms with Crippen LogP contribution < -0.4 is 4.74 Å². The van der Waals surface area contributed by atoms with E-state index in [-0.39, 0.29) is 15.2 Å². The molecule has 0 fully saturated rings. The zero-order chi connectivity index (χ0) is 18.5. The van der Waals surface area contributed by atoms with Crippen LogP contribution in [0, 0.1) is 0 Å². The molecule has 0 saturated carbocycles. The highest BCUT2D eigenvalue weighted by atomic mass is 35.5. The summed E-state index contributed by atoms with van der Waals surface area (Å²) in [6.07, 6.45) is 0. The molecule has 1 heterocycles. The minimum atomic E-state index is -3.60. The van der Waals surface area contributed by atoms with Crippen molar-refractivity contribution in [1.29, 1.82) is 0 Å². The molecular formula is C21H17ClO3S. The first-order valence-electron chi connectivity index (χ1n) is 8.23. The predicted molar refractivity (Wildman–Crippen MR) is 102 cm³/mol. The van der Waals surface area contributed by atoms with Crippen molar-refractivity contribution in [1.82, 2.24) is 0 Å². The van der Waals surface area contributed by atoms with E-state index in [0.29, 0.717) is 16.5 Å². The Balaban J connectivity index is 1.86. The quantitative estimate of drug-likeness (QED) is 0.577. The van der Waals surface area contributed by atoms with Crippen molar-refractivity contribution in [3.63, 3.8) is 0 Å². The second-order valence-electron chi connectivity index (χ2n) is 6.84. The summed E-state index contributed by atoms with van der Waals surface area (Å²) in [5, 5.41) is 0.580. The number of halogens is 1. The molecule has 0 N–H and O–H groups in total. The van der Waals surface area contributed by atoms with E-state index in [1.165, 1.54) is 0 Å². The maximum Gasteiger partial charge on any atom is 0.206 e. The van der Waals surface area contributed by atoms with Gasteiger partial charge in [0.1, 0.15) is 11.5 Å². The molecule has 0 saturated heterocycles. The molecule has 1 aliphatic heterocycles. The lowest BCUT2D eigenvalue weighted by molar-refractivity contribution is 0.416. The molecule has 0 aromatic heterocycles. The van der Waals surface area contributed by atoms with E-state index in [1.54, 1.807) is 48.5 Å². The van der Waals surface area contributed by atoms with E-state index in [1.807, 2.05) is 18.2 Å². The second kappa shape index (κ2) is 5.86. The summed E-state index contributed by atoms with van der Waals surface area (Å²) >= 11 is 6.10. The van der Waals surface area contributed by atoms with Crippen LogP contribution in [0.15, 0.2) is 76.5 Å². The van der Waals surface area contributed by atoms with Crippen molar-refractivity contribution in [2.24, 2.45) is 0 Å². The lowest BCUT2D eigenvalue weighted by Crippen LogP contribution is -2.24. The molecule has 0 unspecified atom stereocenters. The Morgan fingerprint density at radius 1 is 0.808 bits per heavy atom. The fourth-order valence-corrected chi connectivity index (χ4v) is 4.83. The largest absolute Gasteiger partial charge is 0.457 e. The van der Waals surface area contributed by atoms with E-state index in [2.05, 4.69) is 13.8 Å². The predicted octanol–water partition coefficient (Wildman–Crippen LogP) is 5.60. The average Bonchev–Trinajstić information content (AvgIpc) is 2.61. The molecule has 0 spiro atoms. The van der Waals surface area contributed by atoms with E-state index in [0.717, 1.165) is 11.1 Å². The molecule has 132 valence electrons. The minimum Gasteiger partial charge on any atom is -0.457 e. The van der Waals surface area contributed by atoms with Gasteiger partial charge in [-0.1, -0.05) is 55.8 Å². The van der Waals surface area contributed by atoms with Crippen LogP contribution in [-0.4, -0.2) is 8.42 Å². The van der Waals surface area contributed by atoms with Crippen molar-refractivity contribution in [2.75, 3.05) is 0 Å². The Morgan fingerprint density at radius 3 is 2.12 bits per heavy atom. The van der Waals surface area contributed by atoms with E-state index >= 15 is 0 Å². The Bertz CT molecular complexity index is 1100. The van der Waals surface area contributed by atoms with Crippen molar-refractivity contribution in [3.05, 3.63) is 82.9 Å². The normalized spacial score (nSPS) is 14.9. The van der Waals surface area contributed by atoms with Gasteiger partial charge in [-0.3, -0.25) is 0 Å². The van der Waals surface area contributed by atoms with E-state index < -0.39 is 9.84 Å². The van der Waals surface area contributed by atoms with Gasteiger partial charge in [0.25, 0.3) is 0 Å². The molecule has 4 rings (SSSR count). The van der Waals surface area contributed by atoms with Crippen LogP contribution >= 0.6 is 11.6 Å². The van der Waals surface area contributed by atoms with Crippen LogP contribution in [0.25, 0.3) is 0 Å². The molecule has 0 radical (unpaired) electrons. The van der Waals surface area contributed by atoms with Gasteiger partial charge >= 0.3 is 0 Å². The van der Waals surface area contributed by atoms with Gasteiger partial charge in [0.2, 0.25) is 9.84 Å². The summed E-state index contributed by atoms with van der Waals surface area (Å²) in [7, 11) is -3.60. The van der Waals surface area contributed by atoms with Crippen LogP contribution in [0.2, 0.25) is 5.02 Å². The number of hydrogen-bond acceptors (Lipinski definition) is 3. The van der Waals surface area contributed by atoms with Crippen molar-refractivity contribution in [3.8, 4) is 11.5 Å². The highest BCUT2D eigenvalue weighted by molar-refractivity contribution is 7.91. The highest BCUT2D eigenvalue weighted by Crippen LogP contribution is 2.49. The van der Waals surface area contributed by atoms with Crippen LogP contribution in [-0.2, 0) is 15.3 Å². The fraction of sp³-hybridized carbons (Fsp3) is 0.143. The number of hydrogen-bond donors (Lipinski definition) is 0. The molecule has 0 amide bonds. The third kappa shape index (κ3) is 2.61. The molecule has 0 aliphatic carbocycles. The van der Waals surface area contributed by atoms with E-state index in [4.69, 9.17) is 16.3 Å². The lowest BCUT2D eigenvalue weighted by atomic mass is 9.76. The zero-order valence-corrected chi connectivity index (χ0v) is 15.9. The van der Waals surface area contributed by atoms with Gasteiger partial charge < -0.3 is 4.74 Å². The summed E-state index contributed by atoms with van der Waals surface area (Å²) in [6, 6.07) is 19.0. The molecule has 1 aliphatic rings. The molecule has 0 atom stereocenters. The van der Waals surface area contributed by atoms with Crippen LogP contribution in [0.4, 0.5) is 0 Å². The number of fused-ring (bicyclic) bond motifs is 2. The fourth-order valence-electron chi connectivity index (χ4n) is 3.37. The summed E-state index contributed by atoms with van der Waals surface area (Å²) in [6.45, 7) is 4.18. The van der Waals surface area contributed by atoms with Gasteiger partial charge in [0, 0.05) is 27.6 Å². The van der Waals surface area contributed by atoms with Gasteiger partial charge in [-0.05, 0) is 30.3 Å². The first-order valence-corrected chi connectivity index (χ1v) is 10.1. The van der Waals surface area contributed by atoms with Gasteiger partial charge in [-0.15, -0.1) is 0 Å². The second-order valence-corrected chi connectivity index (χ2v) is 9.23. The molecule has 3 aromatic rings. The van der Waals surface area contributed by atoms with Gasteiger partial charge in [0.15, 0.2) is 0 Å². The van der Waals surface area contributed by atoms with Crippen molar-refractivity contribution < 1.29 is 13.2 Å². The smallest absolute Gasteiger partial charge is 0.206 e. The first-order chi connectivity index (χ1) is 12.3. The zero-order valence-electron chi connectivity index (χ0n) is 14.4. The third-order valence-electron chi connectivity index (χ3n) is 4.83. The molecule has 5 heteroatoms. The molecule has 3 aromatic carbocycles. The number of rotatable bonds is 2. The average molecular weight is 385 g/mol. The third-order valence-corrected chi connectivity index (χ3v) is 6.83. The van der Waals surface area contributed by atoms with Gasteiger partial charge in [-0.2, -0.15) is 0 Å². The van der Waals surface area contributed by atoms with Gasteiger partial charge in [0.05, 0.1) is 9.79 Å². The Hall–Kier alpha value is -2.30. The SMILES string of the molecule is CC1(C)c2ccc(Cl)cc2Oc2cc(S(=O)(=O)c3ccccc3)ccc21. The molecule has 3 nitrogen and oxygen atoms in total. The maximum atomic E-state index is 12.9. The van der Waals surface area contributed by atoms with Crippen molar-refractivity contribution >= 4 is 21.4 Å². The number of sulfone groups is 1. The van der Waals surface area contributed by atoms with Crippen LogP contribution in [0.1, 0.15) is 25.0 Å². The highest BCUT2D eigenvalue weighted by Gasteiger charge is 2.35. The van der Waals surface area contributed by atoms with Crippen molar-refractivity contribution in [2.45, 2.75) is 29.1 Å². The standard InChI is InChI=1S/C21H17ClO3S/c1-21(2)17-10-8-14(22)12-19(17)25-20-13-16(9-11-18(20)21)26(23,24)15-6-4-3-5-7-15/h3-13H,1-2H3. The molecular weight excluding hydrogens is 368 g/mol. The number of benzene rings is 3. The topological polar surface area (TPSA) is 43.4 Å². The number of ether oxygens (including phenoxy) is 1. The summed E-state index contributed by atoms with van der Waals surface area (Å²) in [5.41, 5.74) is 1.65. The monoisotopic (exact) mass is 384 g/mol. The van der Waals surface area contributed by atoms with Crippen LogP contribution in [0.3, 0.4) is 0 Å². The molecule has 0 bridgehead atoms. The first kappa shape index (κ1) is 17.1. The molecule has 26 heavy (non-hydrogen) atoms. The maximum absolute atomic E-state index is 12.9. The Kier molecular flexibility index (Phi) is 3.86. The Morgan fingerprint density at radius 2 is 1.42 bits per heavy atom. The minimum absolute atomic E-state index is 0.212. The lowest BCUT2D eigenvalue weighted by Gasteiger charge is -2.34. The summed E-state index contributed by atoms with van der Waals surface area (Å²) in [5.74, 6) is 1.20. The summed E-state index contributed by atoms with van der Waals surface area (Å²) in [4.78, 5) is 0.474. The summed E-state index contributed by atoms with van der Waals surface area (Å²) < 4.78 is 31.8. The van der Waals surface area contributed by atoms with Crippen LogP contribution in [0.5, 0.6) is 11.5 Å². The Labute approximate surface area is 158 Å².